The van der Waals surface area contributed by atoms with Gasteiger partial charge in [-0.2, -0.15) is 0 Å². The molecule has 0 saturated heterocycles. The van der Waals surface area contributed by atoms with Crippen LogP contribution in [0.1, 0.15) is 22.9 Å². The van der Waals surface area contributed by atoms with Crippen molar-refractivity contribution in [3.8, 4) is 0 Å². The van der Waals surface area contributed by atoms with Crippen LogP contribution in [0.25, 0.3) is 0 Å². The number of pyridine rings is 1. The monoisotopic (exact) mass is 286 g/mol. The summed E-state index contributed by atoms with van der Waals surface area (Å²) in [6, 6.07) is 14.3. The first-order valence-corrected chi connectivity index (χ1v) is 7.25. The zero-order valence-electron chi connectivity index (χ0n) is 11.4. The van der Waals surface area contributed by atoms with Crippen LogP contribution in [0.2, 0.25) is 0 Å². The maximum atomic E-state index is 6.27. The van der Waals surface area contributed by atoms with E-state index in [1.165, 1.54) is 5.56 Å². The predicted molar refractivity (Wildman–Crippen MR) is 84.7 cm³/mol. The topological polar surface area (TPSA) is 24.9 Å². The number of benzene rings is 1. The first-order valence-electron chi connectivity index (χ1n) is 6.81. The standard InChI is InChI=1S/C17H19ClN2/c18-17(16-9-6-12-20-14-16)10-4-5-11-19-13-15-7-2-1-3-8-15/h1-4,6-10,12,14,17,19H,5,11,13H2/b10-4-. The fourth-order valence-corrected chi connectivity index (χ4v) is 2.11. The van der Waals surface area contributed by atoms with Crippen LogP contribution in [0.4, 0.5) is 0 Å². The van der Waals surface area contributed by atoms with Crippen LogP contribution in [0.15, 0.2) is 67.0 Å². The summed E-state index contributed by atoms with van der Waals surface area (Å²) in [7, 11) is 0. The van der Waals surface area contributed by atoms with E-state index in [-0.39, 0.29) is 5.38 Å². The van der Waals surface area contributed by atoms with Crippen molar-refractivity contribution in [2.75, 3.05) is 6.54 Å². The van der Waals surface area contributed by atoms with Crippen LogP contribution >= 0.6 is 11.6 Å². The van der Waals surface area contributed by atoms with Gasteiger partial charge in [0.2, 0.25) is 0 Å². The molecule has 0 aliphatic carbocycles. The van der Waals surface area contributed by atoms with E-state index in [0.29, 0.717) is 0 Å². The molecule has 0 bridgehead atoms. The van der Waals surface area contributed by atoms with Gasteiger partial charge in [0.05, 0.1) is 5.38 Å². The van der Waals surface area contributed by atoms with Crippen molar-refractivity contribution < 1.29 is 0 Å². The molecule has 2 nitrogen and oxygen atoms in total. The summed E-state index contributed by atoms with van der Waals surface area (Å²) in [4.78, 5) is 4.07. The average molecular weight is 287 g/mol. The molecule has 1 unspecified atom stereocenters. The number of hydrogen-bond acceptors (Lipinski definition) is 2. The zero-order valence-corrected chi connectivity index (χ0v) is 12.1. The van der Waals surface area contributed by atoms with Gasteiger partial charge in [0, 0.05) is 18.9 Å². The van der Waals surface area contributed by atoms with Crippen LogP contribution in [0, 0.1) is 0 Å². The molecule has 3 heteroatoms. The summed E-state index contributed by atoms with van der Waals surface area (Å²) >= 11 is 6.27. The van der Waals surface area contributed by atoms with Gasteiger partial charge in [0.1, 0.15) is 0 Å². The third-order valence-corrected chi connectivity index (χ3v) is 3.37. The molecule has 1 heterocycles. The molecular formula is C17H19ClN2. The minimum Gasteiger partial charge on any atom is -0.312 e. The van der Waals surface area contributed by atoms with Gasteiger partial charge in [-0.15, -0.1) is 11.6 Å². The average Bonchev–Trinajstić information content (AvgIpc) is 2.52. The summed E-state index contributed by atoms with van der Waals surface area (Å²) in [5, 5.41) is 3.31. The van der Waals surface area contributed by atoms with Crippen molar-refractivity contribution in [1.82, 2.24) is 10.3 Å². The van der Waals surface area contributed by atoms with Gasteiger partial charge in [-0.05, 0) is 30.2 Å². The summed E-state index contributed by atoms with van der Waals surface area (Å²) in [6.45, 7) is 1.85. The number of allylic oxidation sites excluding steroid dienone is 1. The Morgan fingerprint density at radius 3 is 2.75 bits per heavy atom. The first kappa shape index (κ1) is 14.8. The normalized spacial score (nSPS) is 12.7. The van der Waals surface area contributed by atoms with Crippen LogP contribution in [-0.2, 0) is 6.54 Å². The second-order valence-corrected chi connectivity index (χ2v) is 5.04. The maximum Gasteiger partial charge on any atom is 0.0781 e. The molecule has 1 aromatic carbocycles. The Labute approximate surface area is 125 Å². The van der Waals surface area contributed by atoms with Crippen LogP contribution in [0.5, 0.6) is 0 Å². The highest BCUT2D eigenvalue weighted by Crippen LogP contribution is 2.20. The Hall–Kier alpha value is -1.64. The first-order chi connectivity index (χ1) is 9.86. The molecular weight excluding hydrogens is 268 g/mol. The third kappa shape index (κ3) is 5.16. The molecule has 0 spiro atoms. The lowest BCUT2D eigenvalue weighted by atomic mass is 10.2. The number of nitrogens with zero attached hydrogens (tertiary/aromatic N) is 1. The highest BCUT2D eigenvalue weighted by molar-refractivity contribution is 6.21. The quantitative estimate of drug-likeness (QED) is 0.471. The Balaban J connectivity index is 1.64. The molecule has 1 N–H and O–H groups in total. The number of rotatable bonds is 7. The number of aromatic nitrogens is 1. The predicted octanol–water partition coefficient (Wildman–Crippen LogP) is 4.10. The Morgan fingerprint density at radius 1 is 1.15 bits per heavy atom. The lowest BCUT2D eigenvalue weighted by molar-refractivity contribution is 0.695. The molecule has 104 valence electrons. The van der Waals surface area contributed by atoms with E-state index in [1.807, 2.05) is 24.3 Å². The van der Waals surface area contributed by atoms with Gasteiger partial charge in [-0.3, -0.25) is 4.98 Å². The summed E-state index contributed by atoms with van der Waals surface area (Å²) in [6.07, 6.45) is 8.65. The van der Waals surface area contributed by atoms with Gasteiger partial charge in [-0.1, -0.05) is 48.6 Å². The van der Waals surface area contributed by atoms with Gasteiger partial charge >= 0.3 is 0 Å². The second kappa shape index (κ2) is 8.51. The Morgan fingerprint density at radius 2 is 2.00 bits per heavy atom. The minimum atomic E-state index is -0.0992. The van der Waals surface area contributed by atoms with Crippen molar-refractivity contribution in [2.45, 2.75) is 18.3 Å². The summed E-state index contributed by atoms with van der Waals surface area (Å²) in [5.41, 5.74) is 2.34. The molecule has 0 radical (unpaired) electrons. The van der Waals surface area contributed by atoms with Crippen LogP contribution in [0.3, 0.4) is 0 Å². The molecule has 0 amide bonds. The van der Waals surface area contributed by atoms with E-state index in [4.69, 9.17) is 11.6 Å². The fraction of sp³-hybridized carbons (Fsp3) is 0.235. The van der Waals surface area contributed by atoms with E-state index in [1.54, 1.807) is 12.4 Å². The molecule has 2 aromatic rings. The lowest BCUT2D eigenvalue weighted by Crippen LogP contribution is -2.13. The van der Waals surface area contributed by atoms with E-state index in [0.717, 1.165) is 25.1 Å². The molecule has 1 aromatic heterocycles. The SMILES string of the molecule is ClC(/C=C\CCNCc1ccccc1)c1cccnc1. The van der Waals surface area contributed by atoms with E-state index < -0.39 is 0 Å². The highest BCUT2D eigenvalue weighted by atomic mass is 35.5. The van der Waals surface area contributed by atoms with Crippen molar-refractivity contribution in [2.24, 2.45) is 0 Å². The van der Waals surface area contributed by atoms with Gasteiger partial charge in [0.15, 0.2) is 0 Å². The second-order valence-electron chi connectivity index (χ2n) is 4.57. The largest absolute Gasteiger partial charge is 0.312 e. The molecule has 0 aliphatic rings. The molecule has 2 rings (SSSR count). The maximum absolute atomic E-state index is 6.27. The molecule has 20 heavy (non-hydrogen) atoms. The fourth-order valence-electron chi connectivity index (χ4n) is 1.88. The minimum absolute atomic E-state index is 0.0992. The van der Waals surface area contributed by atoms with Crippen molar-refractivity contribution in [1.29, 1.82) is 0 Å². The number of nitrogens with one attached hydrogen (secondary N) is 1. The van der Waals surface area contributed by atoms with Gasteiger partial charge in [0.25, 0.3) is 0 Å². The summed E-state index contributed by atoms with van der Waals surface area (Å²) in [5.74, 6) is 0. The van der Waals surface area contributed by atoms with Crippen molar-refractivity contribution >= 4 is 11.6 Å². The highest BCUT2D eigenvalue weighted by Gasteiger charge is 2.01. The van der Waals surface area contributed by atoms with E-state index >= 15 is 0 Å². The van der Waals surface area contributed by atoms with Crippen LogP contribution < -0.4 is 5.32 Å². The molecule has 0 saturated carbocycles. The Kier molecular flexibility index (Phi) is 6.28. The molecule has 0 aliphatic heterocycles. The van der Waals surface area contributed by atoms with Crippen molar-refractivity contribution in [3.63, 3.8) is 0 Å². The van der Waals surface area contributed by atoms with Crippen molar-refractivity contribution in [3.05, 3.63) is 78.1 Å². The summed E-state index contributed by atoms with van der Waals surface area (Å²) < 4.78 is 0. The molecule has 1 atom stereocenters. The van der Waals surface area contributed by atoms with E-state index in [9.17, 15) is 0 Å². The smallest absolute Gasteiger partial charge is 0.0781 e. The number of halogens is 1. The third-order valence-electron chi connectivity index (χ3n) is 2.97. The Bertz CT molecular complexity index is 511. The zero-order chi connectivity index (χ0) is 14.0. The van der Waals surface area contributed by atoms with Gasteiger partial charge in [-0.25, -0.2) is 0 Å². The molecule has 0 fully saturated rings. The number of hydrogen-bond donors (Lipinski definition) is 1. The van der Waals surface area contributed by atoms with E-state index in [2.05, 4.69) is 40.6 Å². The lowest BCUT2D eigenvalue weighted by Gasteiger charge is -2.04. The van der Waals surface area contributed by atoms with Crippen LogP contribution in [-0.4, -0.2) is 11.5 Å². The van der Waals surface area contributed by atoms with Gasteiger partial charge < -0.3 is 5.32 Å². The number of alkyl halides is 1.